The lowest BCUT2D eigenvalue weighted by atomic mass is 9.99. The number of hydrogen-bond acceptors (Lipinski definition) is 4. The van der Waals surface area contributed by atoms with Crippen LogP contribution < -0.4 is 5.73 Å². The minimum Gasteiger partial charge on any atom is -0.393 e. The maximum Gasteiger partial charge on any atom is 0.258 e. The molecule has 102 valence electrons. The molecule has 0 spiro atoms. The van der Waals surface area contributed by atoms with E-state index in [9.17, 15) is 9.90 Å². The summed E-state index contributed by atoms with van der Waals surface area (Å²) >= 11 is 3.32. The van der Waals surface area contributed by atoms with Crippen LogP contribution in [0.2, 0.25) is 0 Å². The number of rotatable bonds is 1. The Morgan fingerprint density at radius 3 is 2.68 bits per heavy atom. The maximum atomic E-state index is 12.6. The molecular formula is C13H16BrN3O2. The number of halogens is 1. The van der Waals surface area contributed by atoms with Crippen LogP contribution >= 0.6 is 15.9 Å². The zero-order valence-corrected chi connectivity index (χ0v) is 12.0. The molecule has 3 rings (SSSR count). The van der Waals surface area contributed by atoms with E-state index in [1.54, 1.807) is 12.3 Å². The molecule has 3 N–H and O–H groups in total. The highest BCUT2D eigenvalue weighted by Crippen LogP contribution is 2.37. The molecule has 1 aromatic rings. The Bertz CT molecular complexity index is 509. The van der Waals surface area contributed by atoms with Crippen molar-refractivity contribution in [2.75, 3.05) is 5.73 Å². The van der Waals surface area contributed by atoms with E-state index in [0.29, 0.717) is 18.4 Å². The van der Waals surface area contributed by atoms with Crippen molar-refractivity contribution in [1.29, 1.82) is 0 Å². The molecule has 2 atom stereocenters. The van der Waals surface area contributed by atoms with E-state index in [4.69, 9.17) is 5.73 Å². The molecular weight excluding hydrogens is 310 g/mol. The number of nitrogens with two attached hydrogens (primary N) is 1. The highest BCUT2D eigenvalue weighted by atomic mass is 79.9. The molecule has 6 heteroatoms. The van der Waals surface area contributed by atoms with Crippen LogP contribution in [0, 0.1) is 0 Å². The van der Waals surface area contributed by atoms with Crippen LogP contribution in [0.25, 0.3) is 0 Å². The Balaban J connectivity index is 1.90. The second kappa shape index (κ2) is 4.76. The Labute approximate surface area is 119 Å². The molecule has 2 bridgehead atoms. The Hall–Kier alpha value is -1.14. The molecule has 0 aliphatic carbocycles. The third-order valence-corrected chi connectivity index (χ3v) is 4.49. The van der Waals surface area contributed by atoms with Gasteiger partial charge in [0.15, 0.2) is 0 Å². The maximum absolute atomic E-state index is 12.6. The van der Waals surface area contributed by atoms with Gasteiger partial charge in [-0.05, 0) is 47.7 Å². The minimum absolute atomic E-state index is 0.0642. The van der Waals surface area contributed by atoms with E-state index < -0.39 is 0 Å². The summed E-state index contributed by atoms with van der Waals surface area (Å²) in [7, 11) is 0. The van der Waals surface area contributed by atoms with Gasteiger partial charge in [0.2, 0.25) is 0 Å². The van der Waals surface area contributed by atoms with Gasteiger partial charge in [-0.15, -0.1) is 0 Å². The fourth-order valence-electron chi connectivity index (χ4n) is 3.24. The number of aromatic nitrogens is 1. The van der Waals surface area contributed by atoms with Gasteiger partial charge in [-0.2, -0.15) is 0 Å². The highest BCUT2D eigenvalue weighted by molar-refractivity contribution is 9.10. The zero-order chi connectivity index (χ0) is 13.6. The van der Waals surface area contributed by atoms with Gasteiger partial charge >= 0.3 is 0 Å². The number of pyridine rings is 1. The van der Waals surface area contributed by atoms with Crippen molar-refractivity contribution in [3.05, 3.63) is 22.3 Å². The average molecular weight is 326 g/mol. The van der Waals surface area contributed by atoms with E-state index in [0.717, 1.165) is 17.3 Å². The second-order valence-corrected chi connectivity index (χ2v) is 6.22. The molecule has 0 radical (unpaired) electrons. The molecule has 2 unspecified atom stereocenters. The van der Waals surface area contributed by atoms with E-state index in [-0.39, 0.29) is 29.9 Å². The first-order chi connectivity index (χ1) is 9.06. The van der Waals surface area contributed by atoms with Crippen molar-refractivity contribution in [1.82, 2.24) is 9.88 Å². The average Bonchev–Trinajstić information content (AvgIpc) is 2.64. The molecule has 1 aromatic heterocycles. The van der Waals surface area contributed by atoms with Crippen LogP contribution in [-0.2, 0) is 0 Å². The van der Waals surface area contributed by atoms with E-state index in [2.05, 4.69) is 20.9 Å². The van der Waals surface area contributed by atoms with Crippen LogP contribution in [0.5, 0.6) is 0 Å². The lowest BCUT2D eigenvalue weighted by Gasteiger charge is -2.37. The summed E-state index contributed by atoms with van der Waals surface area (Å²) in [6.45, 7) is 0. The molecule has 2 fully saturated rings. The quantitative estimate of drug-likeness (QED) is 0.821. The third kappa shape index (κ3) is 2.23. The van der Waals surface area contributed by atoms with Crippen molar-refractivity contribution in [2.24, 2.45) is 0 Å². The minimum atomic E-state index is -0.278. The van der Waals surface area contributed by atoms with Crippen LogP contribution in [0.4, 0.5) is 5.82 Å². The predicted molar refractivity (Wildman–Crippen MR) is 74.6 cm³/mol. The first-order valence-electron chi connectivity index (χ1n) is 6.48. The van der Waals surface area contributed by atoms with Gasteiger partial charge in [0.25, 0.3) is 5.91 Å². The fraction of sp³-hybridized carbons (Fsp3) is 0.538. The molecule has 3 heterocycles. The van der Waals surface area contributed by atoms with E-state index in [1.165, 1.54) is 0 Å². The molecule has 19 heavy (non-hydrogen) atoms. The van der Waals surface area contributed by atoms with Crippen LogP contribution in [0.1, 0.15) is 36.0 Å². The standard InChI is InChI=1S/C13H16BrN3O2/c14-7-3-11(12(15)16-6-7)13(19)17-8-1-2-9(17)5-10(18)4-8/h3,6,8-10,18H,1-2,4-5H2,(H2,15,16). The lowest BCUT2D eigenvalue weighted by Crippen LogP contribution is -2.48. The van der Waals surface area contributed by atoms with Crippen molar-refractivity contribution in [3.8, 4) is 0 Å². The number of carbonyl (C=O) groups excluding carboxylic acids is 1. The molecule has 0 saturated carbocycles. The SMILES string of the molecule is Nc1ncc(Br)cc1C(=O)N1C2CCC1CC(O)C2. The van der Waals surface area contributed by atoms with Gasteiger partial charge in [0.1, 0.15) is 5.82 Å². The molecule has 1 amide bonds. The zero-order valence-electron chi connectivity index (χ0n) is 10.4. The molecule has 2 aliphatic heterocycles. The summed E-state index contributed by atoms with van der Waals surface area (Å²) < 4.78 is 0.745. The molecule has 5 nitrogen and oxygen atoms in total. The molecule has 2 saturated heterocycles. The Morgan fingerprint density at radius 2 is 2.05 bits per heavy atom. The first-order valence-corrected chi connectivity index (χ1v) is 7.27. The number of fused-ring (bicyclic) bond motifs is 2. The van der Waals surface area contributed by atoms with Gasteiger partial charge in [0.05, 0.1) is 11.7 Å². The van der Waals surface area contributed by atoms with Crippen LogP contribution in [0.15, 0.2) is 16.7 Å². The van der Waals surface area contributed by atoms with Gasteiger partial charge in [-0.1, -0.05) is 0 Å². The lowest BCUT2D eigenvalue weighted by molar-refractivity contribution is 0.0287. The van der Waals surface area contributed by atoms with Gasteiger partial charge in [-0.25, -0.2) is 4.98 Å². The van der Waals surface area contributed by atoms with Crippen molar-refractivity contribution in [3.63, 3.8) is 0 Å². The topological polar surface area (TPSA) is 79.5 Å². The van der Waals surface area contributed by atoms with Gasteiger partial charge in [-0.3, -0.25) is 4.79 Å². The smallest absolute Gasteiger partial charge is 0.258 e. The Morgan fingerprint density at radius 1 is 1.42 bits per heavy atom. The molecule has 2 aliphatic rings. The summed E-state index contributed by atoms with van der Waals surface area (Å²) in [5, 5.41) is 9.78. The number of nitrogen functional groups attached to an aromatic ring is 1. The number of aliphatic hydroxyl groups is 1. The fourth-order valence-corrected chi connectivity index (χ4v) is 3.57. The van der Waals surface area contributed by atoms with Crippen molar-refractivity contribution < 1.29 is 9.90 Å². The number of carbonyl (C=O) groups is 1. The monoisotopic (exact) mass is 325 g/mol. The van der Waals surface area contributed by atoms with Gasteiger partial charge in [0, 0.05) is 22.8 Å². The number of hydrogen-bond donors (Lipinski definition) is 2. The highest BCUT2D eigenvalue weighted by Gasteiger charge is 2.43. The first kappa shape index (κ1) is 12.9. The third-order valence-electron chi connectivity index (χ3n) is 4.06. The number of aliphatic hydroxyl groups excluding tert-OH is 1. The van der Waals surface area contributed by atoms with E-state index in [1.807, 2.05) is 4.90 Å². The van der Waals surface area contributed by atoms with Crippen molar-refractivity contribution in [2.45, 2.75) is 43.9 Å². The van der Waals surface area contributed by atoms with E-state index >= 15 is 0 Å². The van der Waals surface area contributed by atoms with Crippen LogP contribution in [-0.4, -0.2) is 39.1 Å². The number of anilines is 1. The summed E-state index contributed by atoms with van der Waals surface area (Å²) in [6.07, 6.45) is 4.58. The summed E-state index contributed by atoms with van der Waals surface area (Å²) in [5.41, 5.74) is 6.25. The summed E-state index contributed by atoms with van der Waals surface area (Å²) in [5.74, 6) is 0.199. The molecule has 0 aromatic carbocycles. The summed E-state index contributed by atoms with van der Waals surface area (Å²) in [4.78, 5) is 18.6. The number of nitrogens with zero attached hydrogens (tertiary/aromatic N) is 2. The second-order valence-electron chi connectivity index (χ2n) is 5.31. The number of amides is 1. The largest absolute Gasteiger partial charge is 0.393 e. The predicted octanol–water partition coefficient (Wildman–Crippen LogP) is 1.55. The van der Waals surface area contributed by atoms with Gasteiger partial charge < -0.3 is 15.7 Å². The summed E-state index contributed by atoms with van der Waals surface area (Å²) in [6, 6.07) is 1.99. The number of piperidine rings is 1. The van der Waals surface area contributed by atoms with Crippen LogP contribution in [0.3, 0.4) is 0 Å². The van der Waals surface area contributed by atoms with Crippen molar-refractivity contribution >= 4 is 27.7 Å². The Kier molecular flexibility index (Phi) is 3.22. The normalized spacial score (nSPS) is 29.6.